The van der Waals surface area contributed by atoms with Gasteiger partial charge in [0, 0.05) is 38.0 Å². The van der Waals surface area contributed by atoms with Crippen molar-refractivity contribution in [2.75, 3.05) is 39.3 Å². The Morgan fingerprint density at radius 3 is 2.58 bits per heavy atom. The van der Waals surface area contributed by atoms with E-state index in [0.717, 1.165) is 25.2 Å². The number of fused-ring (bicyclic) bond motifs is 2. The van der Waals surface area contributed by atoms with Crippen LogP contribution in [-0.2, 0) is 15.1 Å². The van der Waals surface area contributed by atoms with E-state index in [-0.39, 0.29) is 12.1 Å². The maximum absolute atomic E-state index is 12.3. The Labute approximate surface area is 154 Å². The van der Waals surface area contributed by atoms with Crippen LogP contribution in [0.2, 0.25) is 0 Å². The molecular formula is C20H26N2O4. The van der Waals surface area contributed by atoms with Crippen LogP contribution in [0.4, 0.5) is 4.79 Å². The highest BCUT2D eigenvalue weighted by Crippen LogP contribution is 2.43. The number of nitrogens with zero attached hydrogens (tertiary/aromatic N) is 2. The summed E-state index contributed by atoms with van der Waals surface area (Å²) in [6.07, 6.45) is 4.77. The van der Waals surface area contributed by atoms with Crippen molar-refractivity contribution in [3.05, 3.63) is 35.4 Å². The van der Waals surface area contributed by atoms with Gasteiger partial charge < -0.3 is 14.4 Å². The van der Waals surface area contributed by atoms with Crippen LogP contribution in [0.3, 0.4) is 0 Å². The summed E-state index contributed by atoms with van der Waals surface area (Å²) in [5, 5.41) is 0. The highest BCUT2D eigenvalue weighted by atomic mass is 16.6. The first-order chi connectivity index (χ1) is 12.7. The van der Waals surface area contributed by atoms with Gasteiger partial charge in [-0.2, -0.15) is 0 Å². The van der Waals surface area contributed by atoms with E-state index in [2.05, 4.69) is 4.90 Å². The van der Waals surface area contributed by atoms with Gasteiger partial charge in [0.2, 0.25) is 0 Å². The number of benzene rings is 1. The minimum absolute atomic E-state index is 0.252. The van der Waals surface area contributed by atoms with E-state index in [1.54, 1.807) is 4.90 Å². The number of hydrogen-bond donors (Lipinski definition) is 0. The van der Waals surface area contributed by atoms with Gasteiger partial charge in [-0.3, -0.25) is 4.90 Å². The van der Waals surface area contributed by atoms with Crippen LogP contribution in [0, 0.1) is 0 Å². The molecule has 0 saturated carbocycles. The largest absolute Gasteiger partial charge is 0.450 e. The topological polar surface area (TPSA) is 59.1 Å². The summed E-state index contributed by atoms with van der Waals surface area (Å²) in [5.41, 5.74) is 1.05. The lowest BCUT2D eigenvalue weighted by molar-refractivity contribution is -0.0416. The lowest BCUT2D eigenvalue weighted by atomic mass is 9.84. The van der Waals surface area contributed by atoms with Gasteiger partial charge in [0.15, 0.2) is 0 Å². The Kier molecular flexibility index (Phi) is 4.85. The molecule has 3 aliphatic heterocycles. The van der Waals surface area contributed by atoms with Crippen LogP contribution in [0.5, 0.6) is 0 Å². The average molecular weight is 358 g/mol. The molecule has 6 heteroatoms. The molecule has 0 aliphatic carbocycles. The molecule has 1 aromatic rings. The Morgan fingerprint density at radius 2 is 1.81 bits per heavy atom. The normalized spacial score (nSPS) is 22.2. The highest BCUT2D eigenvalue weighted by molar-refractivity contribution is 5.94. The molecule has 0 unspecified atom stereocenters. The third-order valence-corrected chi connectivity index (χ3v) is 5.84. The summed E-state index contributed by atoms with van der Waals surface area (Å²) >= 11 is 0. The smallest absolute Gasteiger partial charge is 0.409 e. The molecule has 0 N–H and O–H groups in total. The number of rotatable bonds is 3. The predicted molar refractivity (Wildman–Crippen MR) is 96.0 cm³/mol. The van der Waals surface area contributed by atoms with Gasteiger partial charge in [-0.05, 0) is 32.0 Å². The fourth-order valence-electron chi connectivity index (χ4n) is 4.30. The molecular weight excluding hydrogens is 332 g/mol. The molecule has 140 valence electrons. The monoisotopic (exact) mass is 358 g/mol. The molecule has 1 aromatic carbocycles. The molecule has 4 rings (SSSR count). The minimum atomic E-state index is -0.571. The molecule has 26 heavy (non-hydrogen) atoms. The van der Waals surface area contributed by atoms with Crippen LogP contribution < -0.4 is 0 Å². The van der Waals surface area contributed by atoms with Crippen molar-refractivity contribution in [1.29, 1.82) is 0 Å². The zero-order chi connectivity index (χ0) is 18.0. The molecule has 0 atom stereocenters. The first-order valence-electron chi connectivity index (χ1n) is 9.65. The van der Waals surface area contributed by atoms with Crippen molar-refractivity contribution in [3.8, 4) is 0 Å². The number of carbonyl (C=O) groups excluding carboxylic acids is 2. The first kappa shape index (κ1) is 17.3. The number of esters is 1. The number of amides is 1. The van der Waals surface area contributed by atoms with Gasteiger partial charge in [0.25, 0.3) is 0 Å². The van der Waals surface area contributed by atoms with E-state index in [1.807, 2.05) is 24.3 Å². The predicted octanol–water partition coefficient (Wildman–Crippen LogP) is 2.77. The quantitative estimate of drug-likeness (QED) is 0.778. The number of carbonyl (C=O) groups is 2. The standard InChI is InChI=1S/C20H26N2O4/c23-18-16-6-2-3-7-17(16)20(26-18)8-12-22(13-9-20)19(24)25-15-14-21-10-4-1-5-11-21/h2-3,6-7H,1,4-5,8-15H2. The number of ether oxygens (including phenoxy) is 2. The van der Waals surface area contributed by atoms with E-state index in [0.29, 0.717) is 38.1 Å². The SMILES string of the molecule is O=C1OC2(CCN(C(=O)OCCN3CCCCC3)CC2)c2ccccc21. The van der Waals surface area contributed by atoms with E-state index >= 15 is 0 Å². The van der Waals surface area contributed by atoms with E-state index in [9.17, 15) is 9.59 Å². The molecule has 3 aliphatic rings. The van der Waals surface area contributed by atoms with Crippen LogP contribution in [0.1, 0.15) is 48.0 Å². The second kappa shape index (κ2) is 7.27. The second-order valence-corrected chi connectivity index (χ2v) is 7.43. The molecule has 6 nitrogen and oxygen atoms in total. The van der Waals surface area contributed by atoms with Gasteiger partial charge in [-0.1, -0.05) is 24.6 Å². The van der Waals surface area contributed by atoms with Gasteiger partial charge in [0.05, 0.1) is 5.56 Å². The van der Waals surface area contributed by atoms with Crippen molar-refractivity contribution in [3.63, 3.8) is 0 Å². The summed E-state index contributed by atoms with van der Waals surface area (Å²) in [5.74, 6) is -0.252. The summed E-state index contributed by atoms with van der Waals surface area (Å²) in [7, 11) is 0. The van der Waals surface area contributed by atoms with Crippen LogP contribution in [0.15, 0.2) is 24.3 Å². The fraction of sp³-hybridized carbons (Fsp3) is 0.600. The van der Waals surface area contributed by atoms with Crippen LogP contribution in [-0.4, -0.2) is 61.2 Å². The molecule has 0 aromatic heterocycles. The fourth-order valence-corrected chi connectivity index (χ4v) is 4.30. The zero-order valence-corrected chi connectivity index (χ0v) is 15.1. The van der Waals surface area contributed by atoms with Crippen molar-refractivity contribution >= 4 is 12.1 Å². The van der Waals surface area contributed by atoms with Gasteiger partial charge >= 0.3 is 12.1 Å². The number of hydrogen-bond acceptors (Lipinski definition) is 5. The summed E-state index contributed by atoms with van der Waals surface area (Å²) in [6.45, 7) is 4.56. The highest BCUT2D eigenvalue weighted by Gasteiger charge is 2.47. The lowest BCUT2D eigenvalue weighted by Gasteiger charge is -2.38. The molecule has 1 amide bonds. The van der Waals surface area contributed by atoms with Gasteiger partial charge in [-0.15, -0.1) is 0 Å². The minimum Gasteiger partial charge on any atom is -0.450 e. The van der Waals surface area contributed by atoms with Gasteiger partial charge in [-0.25, -0.2) is 9.59 Å². The van der Waals surface area contributed by atoms with Gasteiger partial charge in [0.1, 0.15) is 12.2 Å². The maximum atomic E-state index is 12.3. The molecule has 1 spiro atoms. The molecule has 3 heterocycles. The number of likely N-dealkylation sites (tertiary alicyclic amines) is 2. The molecule has 0 radical (unpaired) electrons. The lowest BCUT2D eigenvalue weighted by Crippen LogP contribution is -2.46. The summed E-state index contributed by atoms with van der Waals surface area (Å²) in [6, 6.07) is 7.57. The first-order valence-corrected chi connectivity index (χ1v) is 9.65. The number of piperidine rings is 2. The van der Waals surface area contributed by atoms with E-state index < -0.39 is 5.60 Å². The van der Waals surface area contributed by atoms with E-state index in [4.69, 9.17) is 9.47 Å². The zero-order valence-electron chi connectivity index (χ0n) is 15.1. The third kappa shape index (κ3) is 3.30. The Morgan fingerprint density at radius 1 is 1.08 bits per heavy atom. The Balaban J connectivity index is 1.28. The van der Waals surface area contributed by atoms with Crippen molar-refractivity contribution in [2.24, 2.45) is 0 Å². The maximum Gasteiger partial charge on any atom is 0.409 e. The average Bonchev–Trinajstić information content (AvgIpc) is 2.95. The van der Waals surface area contributed by atoms with Crippen LogP contribution >= 0.6 is 0 Å². The molecule has 2 saturated heterocycles. The Hall–Kier alpha value is -2.08. The van der Waals surface area contributed by atoms with Crippen molar-refractivity contribution < 1.29 is 19.1 Å². The van der Waals surface area contributed by atoms with Crippen LogP contribution in [0.25, 0.3) is 0 Å². The molecule has 0 bridgehead atoms. The summed E-state index contributed by atoms with van der Waals surface area (Å²) in [4.78, 5) is 28.5. The summed E-state index contributed by atoms with van der Waals surface area (Å²) < 4.78 is 11.2. The third-order valence-electron chi connectivity index (χ3n) is 5.84. The second-order valence-electron chi connectivity index (χ2n) is 7.43. The van der Waals surface area contributed by atoms with Crippen molar-refractivity contribution in [1.82, 2.24) is 9.80 Å². The van der Waals surface area contributed by atoms with Crippen molar-refractivity contribution in [2.45, 2.75) is 37.7 Å². The Bertz CT molecular complexity index is 676. The molecule has 2 fully saturated rings. The van der Waals surface area contributed by atoms with E-state index in [1.165, 1.54) is 19.3 Å².